The Kier molecular flexibility index (Phi) is 10.4. The number of hydrogen-bond acceptors (Lipinski definition) is 4. The molecule has 5 nitrogen and oxygen atoms in total. The van der Waals surface area contributed by atoms with Crippen molar-refractivity contribution in [2.24, 2.45) is 11.8 Å². The Labute approximate surface area is 195 Å². The number of aliphatic hydroxyl groups is 1. The van der Waals surface area contributed by atoms with Gasteiger partial charge < -0.3 is 20.6 Å². The van der Waals surface area contributed by atoms with Crippen LogP contribution in [0.2, 0.25) is 0 Å². The fourth-order valence-corrected chi connectivity index (χ4v) is 5.33. The Hall–Kier alpha value is -2.17. The third kappa shape index (κ3) is 7.18. The van der Waals surface area contributed by atoms with Crippen LogP contribution in [0.4, 0.5) is 0 Å². The molecule has 1 saturated heterocycles. The van der Waals surface area contributed by atoms with Gasteiger partial charge >= 0.3 is 0 Å². The molecule has 0 aromatic heterocycles. The van der Waals surface area contributed by atoms with Gasteiger partial charge in [0, 0.05) is 18.3 Å². The maximum Gasteiger partial charge on any atom is 0.243 e. The molecule has 0 bridgehead atoms. The van der Waals surface area contributed by atoms with E-state index < -0.39 is 0 Å². The molecule has 3 N–H and O–H groups in total. The van der Waals surface area contributed by atoms with Gasteiger partial charge in [-0.15, -0.1) is 0 Å². The highest BCUT2D eigenvalue weighted by Gasteiger charge is 2.41. The summed E-state index contributed by atoms with van der Waals surface area (Å²) in [6, 6.07) is -0.270. The van der Waals surface area contributed by atoms with Crippen LogP contribution in [0, 0.1) is 11.8 Å². The second-order valence-corrected chi connectivity index (χ2v) is 9.78. The molecule has 0 aromatic rings. The third-order valence-electron chi connectivity index (χ3n) is 7.19. The summed E-state index contributed by atoms with van der Waals surface area (Å²) in [6.45, 7) is 21.1. The number of nitrogens with zero attached hydrogens (tertiary/aromatic N) is 1. The number of nitrogens with one attached hydrogen (secondary N) is 2. The molecule has 1 aliphatic heterocycles. The predicted molar refractivity (Wildman–Crippen MR) is 134 cm³/mol. The van der Waals surface area contributed by atoms with Crippen LogP contribution < -0.4 is 10.6 Å². The average Bonchev–Trinajstić information content (AvgIpc) is 3.17. The summed E-state index contributed by atoms with van der Waals surface area (Å²) in [5.41, 5.74) is 1.85. The Morgan fingerprint density at radius 2 is 1.84 bits per heavy atom. The molecular weight excluding hydrogens is 398 g/mol. The minimum atomic E-state index is -0.247. The molecule has 180 valence electrons. The van der Waals surface area contributed by atoms with Crippen molar-refractivity contribution in [2.75, 3.05) is 6.54 Å². The summed E-state index contributed by atoms with van der Waals surface area (Å²) in [5, 5.41) is 16.4. The standard InChI is InChI=1S/C27H45N3O2/c1-7-9-15-24(18-19(3)8-2)29-27(32)26-20(4)16-17-30(26)21(5)25(28-22(6)31)23-13-11-10-12-14-23/h8,20,23-26,28,31H,2-3,5-7,9-18H2,1,4H3,(H,29,32)/t20-,24?,25?,26?/m0/s1. The molecule has 2 rings (SSSR count). The Bertz CT molecular complexity index is 680. The van der Waals surface area contributed by atoms with Crippen LogP contribution in [0.1, 0.15) is 78.1 Å². The molecule has 2 fully saturated rings. The molecule has 5 heteroatoms. The first kappa shape index (κ1) is 26.1. The van der Waals surface area contributed by atoms with Crippen LogP contribution >= 0.6 is 0 Å². The van der Waals surface area contributed by atoms with E-state index in [1.807, 2.05) is 0 Å². The number of carbonyl (C=O) groups excluding carboxylic acids is 1. The first-order chi connectivity index (χ1) is 15.3. The molecule has 1 saturated carbocycles. The molecular formula is C27H45N3O2. The normalized spacial score (nSPS) is 23.2. The number of hydrogen-bond donors (Lipinski definition) is 3. The Morgan fingerprint density at radius 3 is 2.44 bits per heavy atom. The molecule has 0 spiro atoms. The maximum absolute atomic E-state index is 13.5. The molecule has 0 radical (unpaired) electrons. The number of aliphatic hydroxyl groups excluding tert-OH is 1. The lowest BCUT2D eigenvalue weighted by molar-refractivity contribution is -0.126. The molecule has 2 aliphatic rings. The monoisotopic (exact) mass is 443 g/mol. The lowest BCUT2D eigenvalue weighted by Crippen LogP contribution is -2.52. The van der Waals surface area contributed by atoms with Crippen molar-refractivity contribution in [1.82, 2.24) is 15.5 Å². The minimum absolute atomic E-state index is 0.0301. The molecule has 0 aromatic carbocycles. The van der Waals surface area contributed by atoms with Gasteiger partial charge in [0.2, 0.25) is 5.91 Å². The van der Waals surface area contributed by atoms with E-state index in [0.29, 0.717) is 5.92 Å². The van der Waals surface area contributed by atoms with Crippen LogP contribution in [0.25, 0.3) is 0 Å². The van der Waals surface area contributed by atoms with Gasteiger partial charge in [0.15, 0.2) is 5.88 Å². The highest BCUT2D eigenvalue weighted by atomic mass is 16.3. The highest BCUT2D eigenvalue weighted by molar-refractivity contribution is 5.83. The van der Waals surface area contributed by atoms with Crippen LogP contribution in [0.3, 0.4) is 0 Å². The first-order valence-electron chi connectivity index (χ1n) is 12.5. The topological polar surface area (TPSA) is 64.6 Å². The van der Waals surface area contributed by atoms with E-state index in [9.17, 15) is 9.90 Å². The number of unbranched alkanes of at least 4 members (excludes halogenated alkanes) is 1. The number of amides is 1. The smallest absolute Gasteiger partial charge is 0.243 e. The van der Waals surface area contributed by atoms with Crippen LogP contribution in [0.5, 0.6) is 0 Å². The zero-order valence-electron chi connectivity index (χ0n) is 20.4. The van der Waals surface area contributed by atoms with E-state index in [1.54, 1.807) is 6.08 Å². The summed E-state index contributed by atoms with van der Waals surface area (Å²) in [4.78, 5) is 15.7. The third-order valence-corrected chi connectivity index (χ3v) is 7.19. The largest absolute Gasteiger partial charge is 0.495 e. The molecule has 1 amide bonds. The van der Waals surface area contributed by atoms with Gasteiger partial charge in [0.05, 0.1) is 6.04 Å². The van der Waals surface area contributed by atoms with Crippen LogP contribution in [0.15, 0.2) is 49.5 Å². The van der Waals surface area contributed by atoms with Gasteiger partial charge in [-0.05, 0) is 50.5 Å². The van der Waals surface area contributed by atoms with E-state index in [1.165, 1.54) is 19.3 Å². The number of likely N-dealkylation sites (tertiary alicyclic amines) is 1. The van der Waals surface area contributed by atoms with E-state index in [0.717, 1.165) is 62.8 Å². The predicted octanol–water partition coefficient (Wildman–Crippen LogP) is 5.59. The zero-order valence-corrected chi connectivity index (χ0v) is 20.4. The molecule has 1 heterocycles. The number of rotatable bonds is 13. The van der Waals surface area contributed by atoms with Crippen molar-refractivity contribution >= 4 is 5.91 Å². The molecule has 1 aliphatic carbocycles. The van der Waals surface area contributed by atoms with Gasteiger partial charge in [-0.25, -0.2) is 0 Å². The second kappa shape index (κ2) is 12.8. The summed E-state index contributed by atoms with van der Waals surface area (Å²) in [7, 11) is 0. The van der Waals surface area contributed by atoms with Crippen molar-refractivity contribution in [2.45, 2.75) is 96.2 Å². The molecule has 4 atom stereocenters. The van der Waals surface area contributed by atoms with Gasteiger partial charge in [-0.2, -0.15) is 0 Å². The lowest BCUT2D eigenvalue weighted by Gasteiger charge is -2.39. The van der Waals surface area contributed by atoms with Gasteiger partial charge in [-0.3, -0.25) is 4.79 Å². The SMILES string of the molecule is C=CC(=C)CC(CCCC)NC(=O)C1[C@@H](C)CCN1C(=C)C(NC(=C)O)C1CCCCC1. The van der Waals surface area contributed by atoms with Crippen molar-refractivity contribution in [1.29, 1.82) is 0 Å². The summed E-state index contributed by atoms with van der Waals surface area (Å²) in [5.74, 6) is 0.676. The average molecular weight is 444 g/mol. The van der Waals surface area contributed by atoms with Crippen molar-refractivity contribution in [3.8, 4) is 0 Å². The maximum atomic E-state index is 13.5. The molecule has 32 heavy (non-hydrogen) atoms. The first-order valence-corrected chi connectivity index (χ1v) is 12.5. The Morgan fingerprint density at radius 1 is 1.16 bits per heavy atom. The minimum Gasteiger partial charge on any atom is -0.495 e. The van der Waals surface area contributed by atoms with Gasteiger partial charge in [0.1, 0.15) is 6.04 Å². The summed E-state index contributed by atoms with van der Waals surface area (Å²) in [6.07, 6.45) is 12.4. The van der Waals surface area contributed by atoms with E-state index in [2.05, 4.69) is 55.7 Å². The lowest BCUT2D eigenvalue weighted by atomic mass is 9.82. The number of carbonyl (C=O) groups is 1. The summed E-state index contributed by atoms with van der Waals surface area (Å²) < 4.78 is 0. The van der Waals surface area contributed by atoms with E-state index >= 15 is 0 Å². The van der Waals surface area contributed by atoms with Gasteiger partial charge in [-0.1, -0.05) is 77.3 Å². The van der Waals surface area contributed by atoms with Gasteiger partial charge in [0.25, 0.3) is 0 Å². The number of allylic oxidation sites excluding steroid dienone is 1. The fraction of sp³-hybridized carbons (Fsp3) is 0.667. The Balaban J connectivity index is 2.16. The van der Waals surface area contributed by atoms with Crippen molar-refractivity contribution in [3.63, 3.8) is 0 Å². The van der Waals surface area contributed by atoms with Crippen LogP contribution in [-0.2, 0) is 4.79 Å². The highest BCUT2D eigenvalue weighted by Crippen LogP contribution is 2.35. The van der Waals surface area contributed by atoms with Crippen molar-refractivity contribution < 1.29 is 9.90 Å². The second-order valence-electron chi connectivity index (χ2n) is 9.78. The summed E-state index contributed by atoms with van der Waals surface area (Å²) >= 11 is 0. The quantitative estimate of drug-likeness (QED) is 0.257. The zero-order chi connectivity index (χ0) is 23.7. The van der Waals surface area contributed by atoms with Crippen molar-refractivity contribution in [3.05, 3.63) is 49.5 Å². The van der Waals surface area contributed by atoms with E-state index in [4.69, 9.17) is 0 Å². The fourth-order valence-electron chi connectivity index (χ4n) is 5.33. The molecule has 3 unspecified atom stereocenters. The van der Waals surface area contributed by atoms with Crippen LogP contribution in [-0.4, -0.2) is 40.6 Å². The van der Waals surface area contributed by atoms with E-state index in [-0.39, 0.29) is 35.8 Å².